The van der Waals surface area contributed by atoms with Gasteiger partial charge in [0, 0.05) is 85.6 Å². The van der Waals surface area contributed by atoms with E-state index < -0.39 is 0 Å². The fourth-order valence-electron chi connectivity index (χ4n) is 2.64. The Kier molecular flexibility index (Phi) is 8.04. The van der Waals surface area contributed by atoms with Gasteiger partial charge in [0.25, 0.3) is 0 Å². The third kappa shape index (κ3) is 6.11. The molecule has 0 amide bonds. The summed E-state index contributed by atoms with van der Waals surface area (Å²) in [5.74, 6) is 0.356. The summed E-state index contributed by atoms with van der Waals surface area (Å²) in [6.07, 6.45) is 6.22. The van der Waals surface area contributed by atoms with Gasteiger partial charge in [-0.1, -0.05) is 0 Å². The Hall–Kier alpha value is -3.28. The van der Waals surface area contributed by atoms with Crippen molar-refractivity contribution in [3.63, 3.8) is 0 Å². The Bertz CT molecular complexity index is 857. The number of hydrogen-bond donors (Lipinski definition) is 2. The molecule has 0 aliphatic carbocycles. The Morgan fingerprint density at radius 3 is 1.37 bits per heavy atom. The molecule has 0 fully saturated rings. The first-order valence-corrected chi connectivity index (χ1v) is 10.0. The molecule has 30 heavy (non-hydrogen) atoms. The Labute approximate surface area is 179 Å². The molecule has 2 aromatic carbocycles. The van der Waals surface area contributed by atoms with Gasteiger partial charge < -0.3 is 20.0 Å². The van der Waals surface area contributed by atoms with Crippen LogP contribution in [0.1, 0.15) is 38.8 Å². The third-order valence-electron chi connectivity index (χ3n) is 5.06. The van der Waals surface area contributed by atoms with Crippen molar-refractivity contribution in [2.75, 3.05) is 23.9 Å². The molecule has 6 heteroatoms. The van der Waals surface area contributed by atoms with Gasteiger partial charge in [0.05, 0.1) is 0 Å². The number of nitrogens with zero attached hydrogens (tertiary/aromatic N) is 4. The number of rotatable bonds is 8. The average Bonchev–Trinajstić information content (AvgIpc) is 2.71. The van der Waals surface area contributed by atoms with E-state index in [2.05, 4.69) is 47.5 Å². The average molecular weight is 409 g/mol. The van der Waals surface area contributed by atoms with Crippen LogP contribution in [-0.4, -0.2) is 48.8 Å². The van der Waals surface area contributed by atoms with Crippen LogP contribution in [0.2, 0.25) is 0 Å². The first-order chi connectivity index (χ1) is 14.2. The Balaban J connectivity index is 1.99. The molecule has 0 aliphatic rings. The first-order valence-electron chi connectivity index (χ1n) is 10.0. The van der Waals surface area contributed by atoms with Crippen molar-refractivity contribution >= 4 is 23.8 Å². The summed E-state index contributed by atoms with van der Waals surface area (Å²) >= 11 is 0. The van der Waals surface area contributed by atoms with E-state index in [1.54, 1.807) is 24.6 Å². The number of anilines is 2. The summed E-state index contributed by atoms with van der Waals surface area (Å²) in [5, 5.41) is 20.4. The highest BCUT2D eigenvalue weighted by Crippen LogP contribution is 2.25. The molecular formula is C24H32N4O2. The Morgan fingerprint density at radius 1 is 0.700 bits per heavy atom. The van der Waals surface area contributed by atoms with Gasteiger partial charge in [-0.05, 0) is 52.0 Å². The number of phenols is 2. The summed E-state index contributed by atoms with van der Waals surface area (Å²) in [6.45, 7) is 8.37. The van der Waals surface area contributed by atoms with E-state index in [0.29, 0.717) is 23.2 Å². The predicted molar refractivity (Wildman–Crippen MR) is 128 cm³/mol. The van der Waals surface area contributed by atoms with Gasteiger partial charge in [-0.25, -0.2) is 0 Å². The van der Waals surface area contributed by atoms with Crippen molar-refractivity contribution in [1.29, 1.82) is 0 Å². The molecule has 0 unspecified atom stereocenters. The molecule has 0 spiro atoms. The zero-order valence-corrected chi connectivity index (χ0v) is 18.6. The van der Waals surface area contributed by atoms with Crippen molar-refractivity contribution in [1.82, 2.24) is 0 Å². The lowest BCUT2D eigenvalue weighted by Gasteiger charge is -2.24. The number of aromatic hydroxyl groups is 2. The van der Waals surface area contributed by atoms with E-state index in [0.717, 1.165) is 11.4 Å². The molecule has 0 atom stereocenters. The molecule has 0 bridgehead atoms. The van der Waals surface area contributed by atoms with Crippen LogP contribution in [0.4, 0.5) is 11.4 Å². The zero-order valence-electron chi connectivity index (χ0n) is 18.6. The molecule has 160 valence electrons. The second-order valence-electron chi connectivity index (χ2n) is 7.75. The highest BCUT2D eigenvalue weighted by Gasteiger charge is 2.08. The second-order valence-corrected chi connectivity index (χ2v) is 7.75. The maximum absolute atomic E-state index is 10.2. The monoisotopic (exact) mass is 408 g/mol. The lowest BCUT2D eigenvalue weighted by molar-refractivity contribution is 0.473. The minimum absolute atomic E-state index is 0.178. The highest BCUT2D eigenvalue weighted by molar-refractivity contribution is 5.86. The first kappa shape index (κ1) is 23.0. The molecule has 0 saturated carbocycles. The molecule has 0 heterocycles. The third-order valence-corrected chi connectivity index (χ3v) is 5.06. The normalized spacial score (nSPS) is 12.1. The second kappa shape index (κ2) is 10.5. The van der Waals surface area contributed by atoms with Gasteiger partial charge in [0.1, 0.15) is 11.5 Å². The lowest BCUT2D eigenvalue weighted by Crippen LogP contribution is -2.25. The van der Waals surface area contributed by atoms with Gasteiger partial charge in [0.15, 0.2) is 0 Å². The van der Waals surface area contributed by atoms with Crippen molar-refractivity contribution in [3.8, 4) is 11.5 Å². The summed E-state index contributed by atoms with van der Waals surface area (Å²) in [7, 11) is 3.98. The van der Waals surface area contributed by atoms with Crippen LogP contribution in [0.25, 0.3) is 0 Å². The summed E-state index contributed by atoms with van der Waals surface area (Å²) in [5.41, 5.74) is 3.16. The number of aliphatic imine (C=N–C) groups is 2. The molecule has 6 nitrogen and oxygen atoms in total. The van der Waals surface area contributed by atoms with Crippen molar-refractivity contribution in [2.24, 2.45) is 9.98 Å². The van der Waals surface area contributed by atoms with Crippen LogP contribution in [-0.2, 0) is 0 Å². The fourth-order valence-corrected chi connectivity index (χ4v) is 2.64. The Morgan fingerprint density at radius 2 is 1.07 bits per heavy atom. The van der Waals surface area contributed by atoms with Gasteiger partial charge >= 0.3 is 0 Å². The van der Waals surface area contributed by atoms with Crippen LogP contribution in [0.3, 0.4) is 0 Å². The summed E-state index contributed by atoms with van der Waals surface area (Å²) < 4.78 is 0. The topological polar surface area (TPSA) is 71.7 Å². The van der Waals surface area contributed by atoms with Crippen molar-refractivity contribution in [2.45, 2.75) is 39.8 Å². The molecule has 0 saturated heterocycles. The van der Waals surface area contributed by atoms with E-state index in [1.807, 2.05) is 38.4 Å². The largest absolute Gasteiger partial charge is 0.507 e. The van der Waals surface area contributed by atoms with Gasteiger partial charge in [-0.2, -0.15) is 0 Å². The van der Waals surface area contributed by atoms with E-state index in [9.17, 15) is 10.2 Å². The lowest BCUT2D eigenvalue weighted by atomic mass is 10.1. The van der Waals surface area contributed by atoms with E-state index in [-0.39, 0.29) is 11.5 Å². The number of phenolic OH excluding ortho intramolecular Hbond substituents is 2. The van der Waals surface area contributed by atoms with Crippen LogP contribution in [0.5, 0.6) is 11.5 Å². The number of benzene rings is 2. The van der Waals surface area contributed by atoms with Crippen LogP contribution in [0.15, 0.2) is 58.8 Å². The molecule has 0 aliphatic heterocycles. The minimum atomic E-state index is 0.178. The predicted octanol–water partition coefficient (Wildman–Crippen LogP) is 4.80. The molecule has 2 aromatic rings. The quantitative estimate of drug-likeness (QED) is 0.616. The SMILES string of the molecule is CC(C)N(C)c1ccc(\C=N/C=C/N=C\c2ccc(N(C)C(C)C)cc2O)c(O)c1. The standard InChI is InChI=1S/C24H32N4O2/c1-17(2)27(5)21-9-7-19(23(29)13-21)15-25-11-12-26-16-20-8-10-22(14-24(20)30)28(6)18(3)4/h7-18,29-30H,1-6H3/b12-11+,25-15-,26-16-. The van der Waals surface area contributed by atoms with Gasteiger partial charge in [-0.15, -0.1) is 0 Å². The van der Waals surface area contributed by atoms with Crippen molar-refractivity contribution in [3.05, 3.63) is 59.9 Å². The van der Waals surface area contributed by atoms with E-state index in [1.165, 1.54) is 12.4 Å². The van der Waals surface area contributed by atoms with E-state index >= 15 is 0 Å². The molecule has 2 rings (SSSR count). The number of hydrogen-bond acceptors (Lipinski definition) is 6. The molecule has 0 aromatic heterocycles. The summed E-state index contributed by atoms with van der Waals surface area (Å²) in [6, 6.07) is 11.7. The maximum atomic E-state index is 10.2. The van der Waals surface area contributed by atoms with E-state index in [4.69, 9.17) is 0 Å². The van der Waals surface area contributed by atoms with Crippen LogP contribution >= 0.6 is 0 Å². The maximum Gasteiger partial charge on any atom is 0.126 e. The molecular weight excluding hydrogens is 376 g/mol. The molecule has 2 N–H and O–H groups in total. The van der Waals surface area contributed by atoms with Crippen molar-refractivity contribution < 1.29 is 10.2 Å². The van der Waals surface area contributed by atoms with Gasteiger partial charge in [-0.3, -0.25) is 9.98 Å². The fraction of sp³-hybridized carbons (Fsp3) is 0.333. The summed E-state index contributed by atoms with van der Waals surface area (Å²) in [4.78, 5) is 12.5. The van der Waals surface area contributed by atoms with Crippen LogP contribution < -0.4 is 9.80 Å². The zero-order chi connectivity index (χ0) is 22.3. The molecule has 0 radical (unpaired) electrons. The highest BCUT2D eigenvalue weighted by atomic mass is 16.3. The van der Waals surface area contributed by atoms with Crippen LogP contribution in [0, 0.1) is 0 Å². The minimum Gasteiger partial charge on any atom is -0.507 e. The smallest absolute Gasteiger partial charge is 0.126 e. The van der Waals surface area contributed by atoms with Gasteiger partial charge in [0.2, 0.25) is 0 Å².